The second-order valence-corrected chi connectivity index (χ2v) is 6.10. The molecule has 0 aliphatic rings. The molecule has 0 radical (unpaired) electrons. The van der Waals surface area contributed by atoms with Crippen molar-refractivity contribution in [1.29, 1.82) is 0 Å². The Morgan fingerprint density at radius 2 is 1.61 bits per heavy atom. The molecule has 28 heavy (non-hydrogen) atoms. The van der Waals surface area contributed by atoms with Crippen LogP contribution in [0.25, 0.3) is 0 Å². The maximum absolute atomic E-state index is 11.0. The van der Waals surface area contributed by atoms with Crippen molar-refractivity contribution in [2.75, 3.05) is 13.2 Å². The molecule has 2 rings (SSSR count). The zero-order valence-corrected chi connectivity index (χ0v) is 16.4. The molecule has 150 valence electrons. The van der Waals surface area contributed by atoms with Crippen molar-refractivity contribution in [3.8, 4) is 5.75 Å². The summed E-state index contributed by atoms with van der Waals surface area (Å²) >= 11 is 0. The van der Waals surface area contributed by atoms with Gasteiger partial charge in [-0.15, -0.1) is 0 Å². The second-order valence-electron chi connectivity index (χ2n) is 6.10. The molecular weight excluding hydrogens is 360 g/mol. The number of aliphatic carboxylic acids is 1. The van der Waals surface area contributed by atoms with Gasteiger partial charge in [-0.2, -0.15) is 0 Å². The SMILES string of the molecule is CC(=O)C(Cc1ccccc1)C(=O)O.CCOC(=O)COc1ccc(C)cc1. The standard InChI is InChI=1S/C11H12O3.C11H14O3/c1-8(12)10(11(13)14)7-9-5-3-2-4-6-9;1-3-13-11(12)8-14-10-6-4-9(2)5-7-10/h2-6,10H,7H2,1H3,(H,13,14);4-7H,3,8H2,1-2H3. The Morgan fingerprint density at radius 1 is 1.00 bits per heavy atom. The normalized spacial score (nSPS) is 10.8. The molecule has 0 saturated heterocycles. The lowest BCUT2D eigenvalue weighted by Crippen LogP contribution is -2.23. The number of esters is 1. The van der Waals surface area contributed by atoms with Gasteiger partial charge in [-0.3, -0.25) is 9.59 Å². The van der Waals surface area contributed by atoms with Gasteiger partial charge >= 0.3 is 11.9 Å². The van der Waals surface area contributed by atoms with Crippen molar-refractivity contribution < 1.29 is 29.0 Å². The van der Waals surface area contributed by atoms with E-state index in [9.17, 15) is 14.4 Å². The third-order valence-electron chi connectivity index (χ3n) is 3.75. The molecule has 0 fully saturated rings. The lowest BCUT2D eigenvalue weighted by molar-refractivity contribution is -0.146. The molecule has 0 amide bonds. The van der Waals surface area contributed by atoms with Gasteiger partial charge in [-0.05, 0) is 44.9 Å². The van der Waals surface area contributed by atoms with Gasteiger partial charge in [0.05, 0.1) is 6.61 Å². The van der Waals surface area contributed by atoms with Crippen LogP contribution in [0.2, 0.25) is 0 Å². The first-order valence-corrected chi connectivity index (χ1v) is 8.95. The van der Waals surface area contributed by atoms with Crippen LogP contribution in [-0.2, 0) is 25.5 Å². The number of hydrogen-bond acceptors (Lipinski definition) is 5. The predicted octanol–water partition coefficient (Wildman–Crippen LogP) is 3.46. The highest BCUT2D eigenvalue weighted by atomic mass is 16.6. The zero-order valence-electron chi connectivity index (χ0n) is 16.4. The number of rotatable bonds is 8. The monoisotopic (exact) mass is 386 g/mol. The molecule has 0 spiro atoms. The molecular formula is C22H26O6. The highest BCUT2D eigenvalue weighted by Crippen LogP contribution is 2.11. The minimum Gasteiger partial charge on any atom is -0.482 e. The van der Waals surface area contributed by atoms with Gasteiger partial charge in [0.2, 0.25) is 0 Å². The number of carboxylic acid groups (broad SMARTS) is 1. The number of carboxylic acids is 1. The molecule has 1 atom stereocenters. The molecule has 2 aromatic carbocycles. The predicted molar refractivity (Wildman–Crippen MR) is 105 cm³/mol. The van der Waals surface area contributed by atoms with Crippen molar-refractivity contribution in [2.45, 2.75) is 27.2 Å². The maximum atomic E-state index is 11.0. The highest BCUT2D eigenvalue weighted by molar-refractivity contribution is 5.97. The lowest BCUT2D eigenvalue weighted by atomic mass is 9.96. The largest absolute Gasteiger partial charge is 0.482 e. The molecule has 0 heterocycles. The Labute approximate surface area is 165 Å². The van der Waals surface area contributed by atoms with E-state index in [2.05, 4.69) is 0 Å². The van der Waals surface area contributed by atoms with E-state index in [0.29, 0.717) is 12.4 Å². The average molecular weight is 386 g/mol. The van der Waals surface area contributed by atoms with Crippen LogP contribution >= 0.6 is 0 Å². The molecule has 6 heteroatoms. The van der Waals surface area contributed by atoms with Crippen LogP contribution in [0.1, 0.15) is 25.0 Å². The van der Waals surface area contributed by atoms with Gasteiger partial charge in [0, 0.05) is 0 Å². The molecule has 1 N–H and O–H groups in total. The third kappa shape index (κ3) is 8.98. The quantitative estimate of drug-likeness (QED) is 0.552. The summed E-state index contributed by atoms with van der Waals surface area (Å²) in [5.74, 6) is -1.93. The fourth-order valence-corrected chi connectivity index (χ4v) is 2.23. The number of aryl methyl sites for hydroxylation is 1. The number of ether oxygens (including phenoxy) is 2. The van der Waals surface area contributed by atoms with E-state index in [1.807, 2.05) is 61.5 Å². The summed E-state index contributed by atoms with van der Waals surface area (Å²) in [4.78, 5) is 32.7. The Kier molecular flexibility index (Phi) is 10.0. The van der Waals surface area contributed by atoms with E-state index in [-0.39, 0.29) is 24.8 Å². The minimum absolute atomic E-state index is 0.0309. The Hall–Kier alpha value is -3.15. The molecule has 6 nitrogen and oxygen atoms in total. The van der Waals surface area contributed by atoms with Crippen molar-refractivity contribution in [1.82, 2.24) is 0 Å². The van der Waals surface area contributed by atoms with Gasteiger partial charge in [0.1, 0.15) is 17.5 Å². The first kappa shape index (κ1) is 22.9. The summed E-state index contributed by atoms with van der Waals surface area (Å²) in [7, 11) is 0. The van der Waals surface area contributed by atoms with Gasteiger partial charge in [0.15, 0.2) is 6.61 Å². The molecule has 0 aliphatic carbocycles. The number of hydrogen-bond donors (Lipinski definition) is 1. The number of carbonyl (C=O) groups is 3. The van der Waals surface area contributed by atoms with Crippen molar-refractivity contribution >= 4 is 17.7 Å². The minimum atomic E-state index is -1.05. The number of carbonyl (C=O) groups excluding carboxylic acids is 2. The molecule has 0 saturated carbocycles. The number of benzene rings is 2. The highest BCUT2D eigenvalue weighted by Gasteiger charge is 2.22. The van der Waals surface area contributed by atoms with E-state index in [1.165, 1.54) is 6.92 Å². The van der Waals surface area contributed by atoms with E-state index in [1.54, 1.807) is 6.92 Å². The Morgan fingerprint density at radius 3 is 2.11 bits per heavy atom. The summed E-state index contributed by atoms with van der Waals surface area (Å²) in [6, 6.07) is 16.7. The van der Waals surface area contributed by atoms with Crippen LogP contribution in [0, 0.1) is 12.8 Å². The van der Waals surface area contributed by atoms with Gasteiger partial charge in [0.25, 0.3) is 0 Å². The Balaban J connectivity index is 0.000000280. The summed E-state index contributed by atoms with van der Waals surface area (Å²) in [5, 5.41) is 8.78. The van der Waals surface area contributed by atoms with Gasteiger partial charge < -0.3 is 14.6 Å². The molecule has 1 unspecified atom stereocenters. The van der Waals surface area contributed by atoms with Crippen LogP contribution in [0.5, 0.6) is 5.75 Å². The average Bonchev–Trinajstić information content (AvgIpc) is 2.67. The summed E-state index contributed by atoms with van der Waals surface area (Å²) in [5.41, 5.74) is 2.03. The summed E-state index contributed by atoms with van der Waals surface area (Å²) < 4.78 is 9.92. The number of Topliss-reactive ketones (excluding diaryl/α,β-unsaturated/α-hetero) is 1. The molecule has 0 aromatic heterocycles. The zero-order chi connectivity index (χ0) is 20.9. The topological polar surface area (TPSA) is 89.9 Å². The first-order chi connectivity index (χ1) is 13.3. The Bertz CT molecular complexity index is 738. The first-order valence-electron chi connectivity index (χ1n) is 8.95. The lowest BCUT2D eigenvalue weighted by Gasteiger charge is -2.07. The fourth-order valence-electron chi connectivity index (χ4n) is 2.23. The number of ketones is 1. The van der Waals surface area contributed by atoms with Crippen LogP contribution in [-0.4, -0.2) is 36.0 Å². The summed E-state index contributed by atoms with van der Waals surface area (Å²) in [6.07, 6.45) is 0.269. The van der Waals surface area contributed by atoms with Crippen LogP contribution in [0.4, 0.5) is 0 Å². The smallest absolute Gasteiger partial charge is 0.344 e. The fraction of sp³-hybridized carbons (Fsp3) is 0.318. The van der Waals surface area contributed by atoms with Crippen molar-refractivity contribution in [2.24, 2.45) is 5.92 Å². The van der Waals surface area contributed by atoms with Crippen LogP contribution in [0.3, 0.4) is 0 Å². The van der Waals surface area contributed by atoms with Crippen molar-refractivity contribution in [3.63, 3.8) is 0 Å². The van der Waals surface area contributed by atoms with E-state index < -0.39 is 11.9 Å². The van der Waals surface area contributed by atoms with Crippen molar-refractivity contribution in [3.05, 3.63) is 65.7 Å². The summed E-state index contributed by atoms with van der Waals surface area (Å²) in [6.45, 7) is 5.42. The molecule has 0 aliphatic heterocycles. The van der Waals surface area contributed by atoms with E-state index in [4.69, 9.17) is 14.6 Å². The van der Waals surface area contributed by atoms with E-state index in [0.717, 1.165) is 11.1 Å². The molecule has 2 aromatic rings. The second kappa shape index (κ2) is 12.3. The van der Waals surface area contributed by atoms with Crippen LogP contribution in [0.15, 0.2) is 54.6 Å². The third-order valence-corrected chi connectivity index (χ3v) is 3.75. The maximum Gasteiger partial charge on any atom is 0.344 e. The van der Waals surface area contributed by atoms with Gasteiger partial charge in [-0.25, -0.2) is 4.79 Å². The van der Waals surface area contributed by atoms with Gasteiger partial charge in [-0.1, -0.05) is 48.0 Å². The van der Waals surface area contributed by atoms with Crippen LogP contribution < -0.4 is 4.74 Å². The van der Waals surface area contributed by atoms with E-state index >= 15 is 0 Å². The molecule has 0 bridgehead atoms.